The second-order valence-electron chi connectivity index (χ2n) is 8.43. The number of rotatable bonds is 9. The van der Waals surface area contributed by atoms with Crippen LogP contribution >= 0.6 is 11.8 Å². The van der Waals surface area contributed by atoms with Gasteiger partial charge in [0.05, 0.1) is 26.6 Å². The number of aromatic nitrogens is 1. The Morgan fingerprint density at radius 2 is 1.80 bits per heavy atom. The molecular weight excluding hydrogens is 508 g/mol. The van der Waals surface area contributed by atoms with E-state index in [4.69, 9.17) is 0 Å². The summed E-state index contributed by atoms with van der Waals surface area (Å²) in [6.07, 6.45) is 2.43. The van der Waals surface area contributed by atoms with Crippen LogP contribution in [0.3, 0.4) is 0 Å². The van der Waals surface area contributed by atoms with Crippen LogP contribution in [-0.2, 0) is 26.8 Å². The second kappa shape index (κ2) is 10.3. The Hall–Kier alpha value is -2.44. The lowest BCUT2D eigenvalue weighted by atomic mass is 10.1. The minimum absolute atomic E-state index is 0.186. The molecular formula is C24H26N2O6S3. The fourth-order valence-corrected chi connectivity index (χ4v) is 6.23. The van der Waals surface area contributed by atoms with Gasteiger partial charge in [-0.25, -0.2) is 8.42 Å². The van der Waals surface area contributed by atoms with Crippen LogP contribution in [0.1, 0.15) is 24.1 Å². The molecule has 186 valence electrons. The first-order valence-corrected chi connectivity index (χ1v) is 15.1. The van der Waals surface area contributed by atoms with Crippen LogP contribution in [0.2, 0.25) is 0 Å². The Morgan fingerprint density at radius 3 is 2.54 bits per heavy atom. The number of para-hydroxylation sites is 1. The molecule has 0 saturated heterocycles. The summed E-state index contributed by atoms with van der Waals surface area (Å²) in [6, 6.07) is 17.8. The molecule has 2 aromatic carbocycles. The van der Waals surface area contributed by atoms with Gasteiger partial charge in [0.25, 0.3) is 10.1 Å². The Morgan fingerprint density at radius 1 is 1.03 bits per heavy atom. The molecule has 8 nitrogen and oxygen atoms in total. The van der Waals surface area contributed by atoms with Gasteiger partial charge in [-0.05, 0) is 43.2 Å². The summed E-state index contributed by atoms with van der Waals surface area (Å²) in [7, 11) is -8.38. The molecule has 0 aliphatic carbocycles. The monoisotopic (exact) mass is 534 g/mol. The van der Waals surface area contributed by atoms with Crippen molar-refractivity contribution in [3.8, 4) is 0 Å². The standard InChI is InChI=1S/C24H26N2O6S3/c1-18-8-11-23-22(16-18)26(13-5-15-35(30,31)32)24(33-23)17-20-10-9-19-6-2-3-7-21(19)25(20)12-4-14-34(27,28)29/h2-3,6-11,16-17H,4-5,12-15H2,1H3,(H-,27,28,29,30,31,32). The highest BCUT2D eigenvalue weighted by atomic mass is 32.2. The summed E-state index contributed by atoms with van der Waals surface area (Å²) >= 11 is 1.56. The van der Waals surface area contributed by atoms with E-state index in [0.29, 0.717) is 13.1 Å². The first kappa shape index (κ1) is 25.6. The third-order valence-corrected chi connectivity index (χ3v) is 8.40. The lowest BCUT2D eigenvalue weighted by Crippen LogP contribution is -2.39. The van der Waals surface area contributed by atoms with E-state index in [0.717, 1.165) is 37.8 Å². The Kier molecular flexibility index (Phi) is 7.53. The van der Waals surface area contributed by atoms with Gasteiger partial charge in [0, 0.05) is 47.2 Å². The topological polar surface area (TPSA) is 119 Å². The molecule has 0 spiro atoms. The van der Waals surface area contributed by atoms with Crippen molar-refractivity contribution < 1.29 is 30.5 Å². The maximum atomic E-state index is 11.3. The molecule has 0 bridgehead atoms. The van der Waals surface area contributed by atoms with Gasteiger partial charge in [0.2, 0.25) is 11.2 Å². The highest BCUT2D eigenvalue weighted by Gasteiger charge is 2.27. The molecule has 1 aromatic heterocycles. The molecule has 1 aliphatic heterocycles. The first-order valence-electron chi connectivity index (χ1n) is 11.1. The molecule has 3 aromatic rings. The molecule has 35 heavy (non-hydrogen) atoms. The van der Waals surface area contributed by atoms with Crippen molar-refractivity contribution >= 4 is 54.7 Å². The van der Waals surface area contributed by atoms with Crippen molar-refractivity contribution in [1.29, 1.82) is 0 Å². The molecule has 0 amide bonds. The number of pyridine rings is 1. The normalized spacial score (nSPS) is 15.2. The van der Waals surface area contributed by atoms with Crippen LogP contribution in [0.4, 0.5) is 5.69 Å². The second-order valence-corrected chi connectivity index (χ2v) is 12.6. The largest absolute Gasteiger partial charge is 0.748 e. The number of anilines is 1. The van der Waals surface area contributed by atoms with Crippen LogP contribution in [0.25, 0.3) is 17.0 Å². The molecule has 2 heterocycles. The van der Waals surface area contributed by atoms with Crippen molar-refractivity contribution in [2.75, 3.05) is 23.0 Å². The Bertz CT molecular complexity index is 1500. The van der Waals surface area contributed by atoms with Crippen LogP contribution in [0.15, 0.2) is 64.5 Å². The smallest absolute Gasteiger partial charge is 0.264 e. The number of thioether (sulfide) groups is 1. The maximum absolute atomic E-state index is 11.3. The molecule has 0 atom stereocenters. The van der Waals surface area contributed by atoms with Gasteiger partial charge in [-0.3, -0.25) is 4.55 Å². The Labute approximate surface area is 209 Å². The fraction of sp³-hybridized carbons (Fsp3) is 0.292. The van der Waals surface area contributed by atoms with Crippen molar-refractivity contribution in [3.05, 3.63) is 70.9 Å². The van der Waals surface area contributed by atoms with E-state index in [1.54, 1.807) is 11.8 Å². The number of hydrogen-bond donors (Lipinski definition) is 1. The van der Waals surface area contributed by atoms with Crippen LogP contribution in [-0.4, -0.2) is 44.0 Å². The molecule has 0 fully saturated rings. The third kappa shape index (κ3) is 6.62. The first-order chi connectivity index (χ1) is 16.5. The maximum Gasteiger partial charge on any atom is 0.264 e. The molecule has 11 heteroatoms. The van der Waals surface area contributed by atoms with Gasteiger partial charge in [-0.15, -0.1) is 0 Å². The van der Waals surface area contributed by atoms with Crippen molar-refractivity contribution in [1.82, 2.24) is 0 Å². The van der Waals surface area contributed by atoms with E-state index in [2.05, 4.69) is 0 Å². The van der Waals surface area contributed by atoms with Gasteiger partial charge >= 0.3 is 0 Å². The van der Waals surface area contributed by atoms with Crippen molar-refractivity contribution in [2.24, 2.45) is 0 Å². The summed E-state index contributed by atoms with van der Waals surface area (Å²) in [5.41, 5.74) is 3.80. The van der Waals surface area contributed by atoms with Crippen molar-refractivity contribution in [2.45, 2.75) is 31.2 Å². The quantitative estimate of drug-likeness (QED) is 0.327. The number of nitrogens with zero attached hydrogens (tertiary/aromatic N) is 2. The molecule has 1 aliphatic rings. The third-order valence-electron chi connectivity index (χ3n) is 5.69. The summed E-state index contributed by atoms with van der Waals surface area (Å²) in [6.45, 7) is 2.74. The SMILES string of the molecule is Cc1ccc2c(c1)N(CCCS(=O)(=O)O)C(=Cc1ccc3ccccc3[n+]1CCCS(=O)(=O)[O-])S2. The fourth-order valence-electron chi connectivity index (χ4n) is 4.13. The van der Waals surface area contributed by atoms with E-state index in [-0.39, 0.29) is 18.6 Å². The van der Waals surface area contributed by atoms with Gasteiger partial charge in [-0.2, -0.15) is 13.0 Å². The van der Waals surface area contributed by atoms with Gasteiger partial charge in [0.15, 0.2) is 6.54 Å². The zero-order valence-corrected chi connectivity index (χ0v) is 21.6. The van der Waals surface area contributed by atoms with Crippen LogP contribution in [0.5, 0.6) is 0 Å². The molecule has 4 rings (SSSR count). The predicted octanol–water partition coefficient (Wildman–Crippen LogP) is 3.56. The lowest BCUT2D eigenvalue weighted by molar-refractivity contribution is -0.673. The Balaban J connectivity index is 1.73. The van der Waals surface area contributed by atoms with Crippen molar-refractivity contribution in [3.63, 3.8) is 0 Å². The zero-order chi connectivity index (χ0) is 25.2. The molecule has 1 N–H and O–H groups in total. The van der Waals surface area contributed by atoms with Crippen LogP contribution in [0, 0.1) is 6.92 Å². The van der Waals surface area contributed by atoms with Gasteiger partial charge in [-0.1, -0.05) is 30.0 Å². The average Bonchev–Trinajstić information content (AvgIpc) is 3.09. The van der Waals surface area contributed by atoms with Gasteiger partial charge < -0.3 is 9.45 Å². The van der Waals surface area contributed by atoms with Crippen LogP contribution < -0.4 is 9.47 Å². The highest BCUT2D eigenvalue weighted by Crippen LogP contribution is 2.47. The van der Waals surface area contributed by atoms with E-state index in [1.165, 1.54) is 0 Å². The number of benzene rings is 2. The zero-order valence-electron chi connectivity index (χ0n) is 19.1. The lowest BCUT2D eigenvalue weighted by Gasteiger charge is -2.20. The summed E-state index contributed by atoms with van der Waals surface area (Å²) in [5.74, 6) is -0.775. The molecule has 0 radical (unpaired) electrons. The molecule has 0 saturated carbocycles. The number of hydrogen-bond acceptors (Lipinski definition) is 7. The highest BCUT2D eigenvalue weighted by molar-refractivity contribution is 8.03. The molecule has 0 unspecified atom stereocenters. The summed E-state index contributed by atoms with van der Waals surface area (Å²) in [5, 5.41) is 1.88. The van der Waals surface area contributed by atoms with Gasteiger partial charge in [0.1, 0.15) is 0 Å². The average molecular weight is 535 g/mol. The summed E-state index contributed by atoms with van der Waals surface area (Å²) in [4.78, 5) is 3.08. The van der Waals surface area contributed by atoms with E-state index >= 15 is 0 Å². The minimum Gasteiger partial charge on any atom is -0.748 e. The summed E-state index contributed by atoms with van der Waals surface area (Å²) < 4.78 is 67.2. The van der Waals surface area contributed by atoms with E-state index < -0.39 is 26.0 Å². The predicted molar refractivity (Wildman–Crippen MR) is 137 cm³/mol. The number of aryl methyl sites for hydroxylation is 2. The van der Waals surface area contributed by atoms with E-state index in [9.17, 15) is 25.9 Å². The number of fused-ring (bicyclic) bond motifs is 2. The van der Waals surface area contributed by atoms with E-state index in [1.807, 2.05) is 77.1 Å². The minimum atomic E-state index is -4.31.